The Labute approximate surface area is 135 Å². The van der Waals surface area contributed by atoms with E-state index in [2.05, 4.69) is 0 Å². The van der Waals surface area contributed by atoms with E-state index in [1.165, 1.54) is 6.92 Å². The number of carbonyl (C=O) groups excluding carboxylic acids is 2. The summed E-state index contributed by atoms with van der Waals surface area (Å²) in [4.78, 5) is 22.4. The zero-order valence-electron chi connectivity index (χ0n) is 13.1. The Morgan fingerprint density at radius 1 is 0.913 bits per heavy atom. The van der Waals surface area contributed by atoms with Crippen molar-refractivity contribution in [3.63, 3.8) is 0 Å². The molecule has 0 N–H and O–H groups in total. The molecule has 0 radical (unpaired) electrons. The van der Waals surface area contributed by atoms with E-state index in [0.29, 0.717) is 17.9 Å². The Balaban J connectivity index is 2.02. The van der Waals surface area contributed by atoms with Crippen LogP contribution in [0.4, 0.5) is 0 Å². The van der Waals surface area contributed by atoms with Crippen LogP contribution in [0.2, 0.25) is 0 Å². The Hall–Kier alpha value is -2.88. The molecule has 2 rings (SSSR count). The molecule has 0 spiro atoms. The summed E-state index contributed by atoms with van der Waals surface area (Å²) in [7, 11) is 0. The third-order valence-electron chi connectivity index (χ3n) is 3.03. The molecule has 4 heteroatoms. The van der Waals surface area contributed by atoms with Crippen LogP contribution in [0.15, 0.2) is 48.5 Å². The first-order valence-electron chi connectivity index (χ1n) is 7.32. The van der Waals surface area contributed by atoms with Crippen molar-refractivity contribution in [2.24, 2.45) is 0 Å². The van der Waals surface area contributed by atoms with Crippen LogP contribution in [0.25, 0.3) is 12.2 Å². The van der Waals surface area contributed by atoms with Gasteiger partial charge in [0.1, 0.15) is 5.75 Å². The van der Waals surface area contributed by atoms with Gasteiger partial charge in [-0.15, -0.1) is 0 Å². The van der Waals surface area contributed by atoms with Gasteiger partial charge in [0.15, 0.2) is 0 Å². The molecule has 0 amide bonds. The van der Waals surface area contributed by atoms with E-state index in [4.69, 9.17) is 9.47 Å². The van der Waals surface area contributed by atoms with Gasteiger partial charge in [0.2, 0.25) is 0 Å². The molecular formula is C19H18O4. The fourth-order valence-electron chi connectivity index (χ4n) is 1.95. The van der Waals surface area contributed by atoms with Gasteiger partial charge >= 0.3 is 11.9 Å². The average Bonchev–Trinajstić information content (AvgIpc) is 2.54. The predicted molar refractivity (Wildman–Crippen MR) is 89.1 cm³/mol. The molecule has 0 aliphatic rings. The van der Waals surface area contributed by atoms with E-state index in [9.17, 15) is 9.59 Å². The minimum atomic E-state index is -0.338. The lowest BCUT2D eigenvalue weighted by Crippen LogP contribution is -2.03. The normalized spacial score (nSPS) is 10.5. The lowest BCUT2D eigenvalue weighted by atomic mass is 10.1. The smallest absolute Gasteiger partial charge is 0.338 e. The van der Waals surface area contributed by atoms with Gasteiger partial charge < -0.3 is 9.47 Å². The molecule has 0 aromatic heterocycles. The second kappa shape index (κ2) is 7.94. The van der Waals surface area contributed by atoms with E-state index in [-0.39, 0.29) is 11.9 Å². The predicted octanol–water partition coefficient (Wildman–Crippen LogP) is 3.96. The van der Waals surface area contributed by atoms with Gasteiger partial charge in [-0.3, -0.25) is 4.79 Å². The van der Waals surface area contributed by atoms with Crippen molar-refractivity contribution in [3.8, 4) is 5.75 Å². The molecule has 0 saturated heterocycles. The summed E-state index contributed by atoms with van der Waals surface area (Å²) in [5, 5.41) is 0. The van der Waals surface area contributed by atoms with Crippen LogP contribution in [0.5, 0.6) is 5.75 Å². The van der Waals surface area contributed by atoms with Crippen molar-refractivity contribution in [1.82, 2.24) is 0 Å². The maximum atomic E-state index is 11.6. The van der Waals surface area contributed by atoms with Gasteiger partial charge in [0.25, 0.3) is 0 Å². The van der Waals surface area contributed by atoms with Crippen molar-refractivity contribution in [2.75, 3.05) is 6.61 Å². The van der Waals surface area contributed by atoms with E-state index < -0.39 is 0 Å². The van der Waals surface area contributed by atoms with Crippen LogP contribution in [-0.4, -0.2) is 18.5 Å². The molecule has 0 saturated carbocycles. The fraction of sp³-hybridized carbons (Fsp3) is 0.158. The Kier molecular flexibility index (Phi) is 5.69. The number of ether oxygens (including phenoxy) is 2. The van der Waals surface area contributed by atoms with Crippen LogP contribution in [0, 0.1) is 0 Å². The van der Waals surface area contributed by atoms with Crippen molar-refractivity contribution in [3.05, 3.63) is 65.2 Å². The van der Waals surface area contributed by atoms with Crippen molar-refractivity contribution in [1.29, 1.82) is 0 Å². The van der Waals surface area contributed by atoms with E-state index in [1.54, 1.807) is 31.2 Å². The highest BCUT2D eigenvalue weighted by Crippen LogP contribution is 2.15. The number of benzene rings is 2. The topological polar surface area (TPSA) is 52.6 Å². The maximum absolute atomic E-state index is 11.6. The van der Waals surface area contributed by atoms with E-state index in [1.807, 2.05) is 36.4 Å². The van der Waals surface area contributed by atoms with Gasteiger partial charge in [-0.05, 0) is 42.3 Å². The molecule has 0 aliphatic heterocycles. The molecule has 23 heavy (non-hydrogen) atoms. The number of hydrogen-bond donors (Lipinski definition) is 0. The summed E-state index contributed by atoms with van der Waals surface area (Å²) < 4.78 is 9.92. The summed E-state index contributed by atoms with van der Waals surface area (Å²) in [5.74, 6) is -0.132. The fourth-order valence-corrected chi connectivity index (χ4v) is 1.95. The van der Waals surface area contributed by atoms with Crippen LogP contribution >= 0.6 is 0 Å². The summed E-state index contributed by atoms with van der Waals surface area (Å²) in [6, 6.07) is 14.4. The van der Waals surface area contributed by atoms with Gasteiger partial charge in [-0.1, -0.05) is 36.4 Å². The van der Waals surface area contributed by atoms with E-state index in [0.717, 1.165) is 11.1 Å². The van der Waals surface area contributed by atoms with Gasteiger partial charge in [-0.25, -0.2) is 4.79 Å². The first-order valence-corrected chi connectivity index (χ1v) is 7.32. The minimum Gasteiger partial charge on any atom is -0.462 e. The summed E-state index contributed by atoms with van der Waals surface area (Å²) >= 11 is 0. The third kappa shape index (κ3) is 5.11. The second-order valence-corrected chi connectivity index (χ2v) is 4.84. The lowest BCUT2D eigenvalue weighted by Gasteiger charge is -2.02. The van der Waals surface area contributed by atoms with Crippen LogP contribution in [-0.2, 0) is 9.53 Å². The minimum absolute atomic E-state index is 0.316. The van der Waals surface area contributed by atoms with Crippen molar-refractivity contribution >= 4 is 24.1 Å². The molecule has 2 aromatic rings. The zero-order valence-corrected chi connectivity index (χ0v) is 13.1. The Bertz CT molecular complexity index is 697. The molecule has 2 aromatic carbocycles. The summed E-state index contributed by atoms with van der Waals surface area (Å²) in [6.45, 7) is 3.51. The highest BCUT2D eigenvalue weighted by atomic mass is 16.5. The van der Waals surface area contributed by atoms with Gasteiger partial charge in [-0.2, -0.15) is 0 Å². The largest absolute Gasteiger partial charge is 0.462 e. The zero-order chi connectivity index (χ0) is 16.7. The van der Waals surface area contributed by atoms with Crippen LogP contribution < -0.4 is 4.74 Å². The van der Waals surface area contributed by atoms with Crippen molar-refractivity contribution in [2.45, 2.75) is 13.8 Å². The van der Waals surface area contributed by atoms with Gasteiger partial charge in [0, 0.05) is 6.92 Å². The average molecular weight is 310 g/mol. The monoisotopic (exact) mass is 310 g/mol. The number of carbonyl (C=O) groups is 2. The van der Waals surface area contributed by atoms with Gasteiger partial charge in [0.05, 0.1) is 12.2 Å². The first kappa shape index (κ1) is 16.5. The van der Waals surface area contributed by atoms with Crippen LogP contribution in [0.3, 0.4) is 0 Å². The molecule has 0 bridgehead atoms. The summed E-state index contributed by atoms with van der Waals surface area (Å²) in [5.41, 5.74) is 2.49. The summed E-state index contributed by atoms with van der Waals surface area (Å²) in [6.07, 6.45) is 3.88. The Morgan fingerprint density at radius 3 is 1.91 bits per heavy atom. The molecule has 4 nitrogen and oxygen atoms in total. The quantitative estimate of drug-likeness (QED) is 0.476. The second-order valence-electron chi connectivity index (χ2n) is 4.84. The third-order valence-corrected chi connectivity index (χ3v) is 3.03. The lowest BCUT2D eigenvalue weighted by molar-refractivity contribution is -0.131. The molecule has 0 fully saturated rings. The first-order chi connectivity index (χ1) is 11.1. The number of esters is 2. The molecule has 0 aliphatic carbocycles. The van der Waals surface area contributed by atoms with Crippen molar-refractivity contribution < 1.29 is 19.1 Å². The standard InChI is InChI=1S/C19H18O4/c1-3-22-19(21)17-10-6-15(7-11-17)4-5-16-8-12-18(13-9-16)23-14(2)20/h4-13H,3H2,1-2H3/b5-4+. The highest BCUT2D eigenvalue weighted by Gasteiger charge is 2.04. The molecule has 0 heterocycles. The Morgan fingerprint density at radius 2 is 1.43 bits per heavy atom. The molecule has 0 atom stereocenters. The highest BCUT2D eigenvalue weighted by molar-refractivity contribution is 5.89. The number of rotatable bonds is 5. The SMILES string of the molecule is CCOC(=O)c1ccc(/C=C/c2ccc(OC(C)=O)cc2)cc1. The maximum Gasteiger partial charge on any atom is 0.338 e. The van der Waals surface area contributed by atoms with Crippen LogP contribution in [0.1, 0.15) is 35.3 Å². The van der Waals surface area contributed by atoms with E-state index >= 15 is 0 Å². The molecular weight excluding hydrogens is 292 g/mol. The molecule has 0 unspecified atom stereocenters. The molecule has 118 valence electrons. The number of hydrogen-bond acceptors (Lipinski definition) is 4.